The third-order valence-electron chi connectivity index (χ3n) is 4.03. The lowest BCUT2D eigenvalue weighted by Gasteiger charge is -2.27. The van der Waals surface area contributed by atoms with Gasteiger partial charge in [-0.3, -0.25) is 14.5 Å². The van der Waals surface area contributed by atoms with Crippen molar-refractivity contribution in [1.82, 2.24) is 10.2 Å². The highest BCUT2D eigenvalue weighted by Gasteiger charge is 2.24. The predicted octanol–water partition coefficient (Wildman–Crippen LogP) is 1.52. The zero-order valence-corrected chi connectivity index (χ0v) is 16.1. The molecule has 0 aromatic heterocycles. The SMILES string of the molecule is Br.Br.O=C1CCc2c(C(=O)CN3CCNCC3)ccc(O)c2N1. The van der Waals surface area contributed by atoms with Gasteiger partial charge < -0.3 is 15.7 Å². The molecular formula is C15H21Br2N3O3. The van der Waals surface area contributed by atoms with Crippen LogP contribution in [-0.4, -0.2) is 54.4 Å². The van der Waals surface area contributed by atoms with Crippen molar-refractivity contribution in [3.05, 3.63) is 23.3 Å². The molecule has 23 heavy (non-hydrogen) atoms. The lowest BCUT2D eigenvalue weighted by Crippen LogP contribution is -2.45. The van der Waals surface area contributed by atoms with Crippen LogP contribution >= 0.6 is 34.0 Å². The van der Waals surface area contributed by atoms with E-state index in [0.717, 1.165) is 31.7 Å². The van der Waals surface area contributed by atoms with E-state index in [1.807, 2.05) is 0 Å². The Labute approximate surface area is 156 Å². The number of aromatic hydroxyl groups is 1. The van der Waals surface area contributed by atoms with Gasteiger partial charge >= 0.3 is 0 Å². The standard InChI is InChI=1S/C15H19N3O3.2BrH/c19-12-3-1-10(11-2-4-14(21)17-15(11)12)13(20)9-18-7-5-16-6-8-18;;/h1,3,16,19H,2,4-9H2,(H,17,21);2*1H. The second-order valence-corrected chi connectivity index (χ2v) is 5.48. The lowest BCUT2D eigenvalue weighted by molar-refractivity contribution is -0.116. The summed E-state index contributed by atoms with van der Waals surface area (Å²) in [6.07, 6.45) is 0.850. The first kappa shape index (κ1) is 20.1. The molecule has 128 valence electrons. The highest BCUT2D eigenvalue weighted by molar-refractivity contribution is 8.93. The minimum atomic E-state index is -0.121. The van der Waals surface area contributed by atoms with Crippen molar-refractivity contribution < 1.29 is 14.7 Å². The third kappa shape index (κ3) is 4.53. The van der Waals surface area contributed by atoms with Crippen molar-refractivity contribution in [3.63, 3.8) is 0 Å². The molecule has 0 saturated carbocycles. The van der Waals surface area contributed by atoms with Crippen molar-refractivity contribution in [3.8, 4) is 5.75 Å². The van der Waals surface area contributed by atoms with E-state index in [0.29, 0.717) is 30.6 Å². The molecule has 0 spiro atoms. The number of carbonyl (C=O) groups excluding carboxylic acids is 2. The summed E-state index contributed by atoms with van der Waals surface area (Å²) < 4.78 is 0. The first-order valence-electron chi connectivity index (χ1n) is 7.26. The number of fused-ring (bicyclic) bond motifs is 1. The second-order valence-electron chi connectivity index (χ2n) is 5.48. The number of nitrogens with one attached hydrogen (secondary N) is 2. The first-order valence-corrected chi connectivity index (χ1v) is 7.26. The number of phenols is 1. The number of Topliss-reactive ketones (excluding diaryl/α,β-unsaturated/α-hetero) is 1. The van der Waals surface area contributed by atoms with Crippen molar-refractivity contribution in [2.45, 2.75) is 12.8 Å². The molecule has 0 aliphatic carbocycles. The Bertz CT molecular complexity index is 590. The maximum Gasteiger partial charge on any atom is 0.224 e. The molecule has 0 radical (unpaired) electrons. The molecule has 1 saturated heterocycles. The van der Waals surface area contributed by atoms with Gasteiger partial charge in [-0.15, -0.1) is 34.0 Å². The average Bonchev–Trinajstić information content (AvgIpc) is 2.49. The average molecular weight is 451 g/mol. The van der Waals surface area contributed by atoms with E-state index in [9.17, 15) is 14.7 Å². The summed E-state index contributed by atoms with van der Waals surface area (Å²) in [5.74, 6) is -0.0504. The zero-order valence-electron chi connectivity index (χ0n) is 12.6. The van der Waals surface area contributed by atoms with E-state index in [1.54, 1.807) is 6.07 Å². The van der Waals surface area contributed by atoms with Gasteiger partial charge in [0.25, 0.3) is 0 Å². The number of nitrogens with zero attached hydrogens (tertiary/aromatic N) is 1. The van der Waals surface area contributed by atoms with Gasteiger partial charge in [0, 0.05) is 38.2 Å². The van der Waals surface area contributed by atoms with Gasteiger partial charge in [0.15, 0.2) is 5.78 Å². The number of halogens is 2. The van der Waals surface area contributed by atoms with Crippen molar-refractivity contribution in [2.75, 3.05) is 38.0 Å². The van der Waals surface area contributed by atoms with Crippen LogP contribution in [0.1, 0.15) is 22.3 Å². The summed E-state index contributed by atoms with van der Waals surface area (Å²) in [5.41, 5.74) is 1.77. The molecule has 6 nitrogen and oxygen atoms in total. The number of rotatable bonds is 3. The van der Waals surface area contributed by atoms with Crippen LogP contribution in [0.3, 0.4) is 0 Å². The van der Waals surface area contributed by atoms with E-state index in [-0.39, 0.29) is 51.4 Å². The van der Waals surface area contributed by atoms with Gasteiger partial charge in [-0.25, -0.2) is 0 Å². The largest absolute Gasteiger partial charge is 0.506 e. The molecule has 0 bridgehead atoms. The minimum absolute atomic E-state index is 0. The van der Waals surface area contributed by atoms with Crippen LogP contribution in [0.15, 0.2) is 12.1 Å². The molecule has 1 aromatic rings. The molecule has 2 heterocycles. The zero-order chi connectivity index (χ0) is 14.8. The molecule has 8 heteroatoms. The topological polar surface area (TPSA) is 81.7 Å². The Morgan fingerprint density at radius 3 is 2.57 bits per heavy atom. The fourth-order valence-electron chi connectivity index (χ4n) is 2.89. The number of phenolic OH excluding ortho intramolecular Hbond substituents is 1. The van der Waals surface area contributed by atoms with Gasteiger partial charge in [-0.1, -0.05) is 0 Å². The molecule has 2 aliphatic heterocycles. The summed E-state index contributed by atoms with van der Waals surface area (Å²) in [5, 5.41) is 15.8. The summed E-state index contributed by atoms with van der Waals surface area (Å²) in [6.45, 7) is 3.91. The number of hydrogen-bond donors (Lipinski definition) is 3. The van der Waals surface area contributed by atoms with Crippen molar-refractivity contribution >= 4 is 51.3 Å². The number of anilines is 1. The molecule has 1 aromatic carbocycles. The van der Waals surface area contributed by atoms with E-state index < -0.39 is 0 Å². The molecule has 0 atom stereocenters. The van der Waals surface area contributed by atoms with Crippen molar-refractivity contribution in [2.24, 2.45) is 0 Å². The molecule has 1 amide bonds. The molecule has 0 unspecified atom stereocenters. The normalized spacial score (nSPS) is 17.3. The number of benzene rings is 1. The minimum Gasteiger partial charge on any atom is -0.506 e. The summed E-state index contributed by atoms with van der Waals surface area (Å²) >= 11 is 0. The highest BCUT2D eigenvalue weighted by Crippen LogP contribution is 2.34. The van der Waals surface area contributed by atoms with Gasteiger partial charge in [-0.05, 0) is 24.1 Å². The Hall–Kier alpha value is -0.960. The number of carbonyl (C=O) groups is 2. The molecular weight excluding hydrogens is 430 g/mol. The van der Waals surface area contributed by atoms with Gasteiger partial charge in [0.1, 0.15) is 5.75 Å². The van der Waals surface area contributed by atoms with Gasteiger partial charge in [-0.2, -0.15) is 0 Å². The van der Waals surface area contributed by atoms with Crippen LogP contribution < -0.4 is 10.6 Å². The Balaban J connectivity index is 0.00000132. The van der Waals surface area contributed by atoms with E-state index in [2.05, 4.69) is 15.5 Å². The number of piperazine rings is 1. The van der Waals surface area contributed by atoms with E-state index in [4.69, 9.17) is 0 Å². The number of ketones is 1. The summed E-state index contributed by atoms with van der Waals surface area (Å²) in [7, 11) is 0. The maximum atomic E-state index is 12.5. The fourth-order valence-corrected chi connectivity index (χ4v) is 2.89. The summed E-state index contributed by atoms with van der Waals surface area (Å²) in [4.78, 5) is 26.1. The second kappa shape index (κ2) is 8.77. The quantitative estimate of drug-likeness (QED) is 0.480. The highest BCUT2D eigenvalue weighted by atomic mass is 79.9. The Morgan fingerprint density at radius 1 is 1.17 bits per heavy atom. The maximum absolute atomic E-state index is 12.5. The number of amides is 1. The number of hydrogen-bond acceptors (Lipinski definition) is 5. The van der Waals surface area contributed by atoms with E-state index in [1.165, 1.54) is 6.07 Å². The Kier molecular flexibility index (Phi) is 7.66. The summed E-state index contributed by atoms with van der Waals surface area (Å²) in [6, 6.07) is 3.14. The Morgan fingerprint density at radius 2 is 1.87 bits per heavy atom. The first-order chi connectivity index (χ1) is 10.1. The fraction of sp³-hybridized carbons (Fsp3) is 0.467. The molecule has 1 fully saturated rings. The van der Waals surface area contributed by atoms with Crippen LogP contribution in [-0.2, 0) is 11.2 Å². The molecule has 3 rings (SSSR count). The van der Waals surface area contributed by atoms with Gasteiger partial charge in [0.05, 0.1) is 12.2 Å². The van der Waals surface area contributed by atoms with Crippen LogP contribution in [0.25, 0.3) is 0 Å². The molecule has 2 aliphatic rings. The monoisotopic (exact) mass is 449 g/mol. The van der Waals surface area contributed by atoms with Crippen LogP contribution in [0.4, 0.5) is 5.69 Å². The van der Waals surface area contributed by atoms with Crippen LogP contribution in [0.2, 0.25) is 0 Å². The van der Waals surface area contributed by atoms with Crippen molar-refractivity contribution in [1.29, 1.82) is 0 Å². The van der Waals surface area contributed by atoms with Crippen LogP contribution in [0, 0.1) is 0 Å². The lowest BCUT2D eigenvalue weighted by atomic mass is 9.94. The predicted molar refractivity (Wildman–Crippen MR) is 99.3 cm³/mol. The molecule has 3 N–H and O–H groups in total. The van der Waals surface area contributed by atoms with Crippen LogP contribution in [0.5, 0.6) is 5.75 Å². The smallest absolute Gasteiger partial charge is 0.224 e. The van der Waals surface area contributed by atoms with Gasteiger partial charge in [0.2, 0.25) is 5.91 Å². The van der Waals surface area contributed by atoms with E-state index >= 15 is 0 Å². The third-order valence-corrected chi connectivity index (χ3v) is 4.03.